The number of nitrogens with two attached hydrogens (primary N) is 1. The van der Waals surface area contributed by atoms with Gasteiger partial charge in [0, 0.05) is 22.1 Å². The van der Waals surface area contributed by atoms with Crippen molar-refractivity contribution in [3.8, 4) is 0 Å². The van der Waals surface area contributed by atoms with E-state index >= 15 is 0 Å². The molecule has 5 heteroatoms. The average Bonchev–Trinajstić information content (AvgIpc) is 2.25. The van der Waals surface area contributed by atoms with Crippen molar-refractivity contribution < 1.29 is 4.79 Å². The Kier molecular flexibility index (Phi) is 3.74. The normalized spacial score (nSPS) is 36.8. The molecule has 0 bridgehead atoms. The van der Waals surface area contributed by atoms with E-state index in [2.05, 4.69) is 29.2 Å². The highest BCUT2D eigenvalue weighted by Crippen LogP contribution is 2.42. The van der Waals surface area contributed by atoms with Crippen LogP contribution in [0.2, 0.25) is 0 Å². The smallest absolute Gasteiger partial charge is 0.332 e. The number of thioether (sulfide) groups is 1. The van der Waals surface area contributed by atoms with Crippen molar-refractivity contribution in [1.29, 1.82) is 0 Å². The highest BCUT2D eigenvalue weighted by Gasteiger charge is 2.35. The number of fused-ring (bicyclic) bond motifs is 1. The molecule has 2 aliphatic rings. The first-order chi connectivity index (χ1) is 7.66. The van der Waals surface area contributed by atoms with Crippen molar-refractivity contribution in [3.63, 3.8) is 0 Å². The van der Waals surface area contributed by atoms with Crippen LogP contribution < -0.4 is 11.2 Å². The Bertz CT molecular complexity index is 306. The molecule has 16 heavy (non-hydrogen) atoms. The summed E-state index contributed by atoms with van der Waals surface area (Å²) < 4.78 is 0. The summed E-state index contributed by atoms with van der Waals surface area (Å²) in [6, 6.07) is -0.564. The summed E-state index contributed by atoms with van der Waals surface area (Å²) in [7, 11) is 0. The molecule has 0 spiro atoms. The summed E-state index contributed by atoms with van der Waals surface area (Å²) in [4.78, 5) is 10.7. The number of carbonyl (C=O) groups is 1. The molecule has 1 aliphatic heterocycles. The molecule has 1 heterocycles. The molecule has 4 nitrogen and oxygen atoms in total. The van der Waals surface area contributed by atoms with Crippen LogP contribution in [0.3, 0.4) is 0 Å². The molecule has 1 aliphatic carbocycles. The molecule has 1 saturated carbocycles. The van der Waals surface area contributed by atoms with E-state index in [0.717, 1.165) is 12.1 Å². The van der Waals surface area contributed by atoms with E-state index in [-0.39, 0.29) is 0 Å². The van der Waals surface area contributed by atoms with E-state index in [1.807, 2.05) is 0 Å². The van der Waals surface area contributed by atoms with Crippen LogP contribution in [0.15, 0.2) is 5.10 Å². The van der Waals surface area contributed by atoms with Crippen LogP contribution in [0, 0.1) is 5.92 Å². The monoisotopic (exact) mass is 241 g/mol. The molecule has 0 aromatic heterocycles. The van der Waals surface area contributed by atoms with E-state index in [9.17, 15) is 4.79 Å². The summed E-state index contributed by atoms with van der Waals surface area (Å²) in [5.41, 5.74) is 8.58. The summed E-state index contributed by atoms with van der Waals surface area (Å²) in [6.45, 7) is 2.23. The van der Waals surface area contributed by atoms with E-state index in [1.165, 1.54) is 25.7 Å². The third-order valence-corrected chi connectivity index (χ3v) is 4.89. The molecular formula is C11H19N3OS. The van der Waals surface area contributed by atoms with E-state index < -0.39 is 6.03 Å². The molecule has 0 unspecified atom stereocenters. The van der Waals surface area contributed by atoms with Crippen LogP contribution in [0.1, 0.15) is 39.0 Å². The SMILES string of the molecule is C[C@@H]1C/C(=N/NC(N)=O)[C@@H]2CCCC[C@@H]2S1. The summed E-state index contributed by atoms with van der Waals surface area (Å²) in [5, 5.41) is 5.50. The van der Waals surface area contributed by atoms with Crippen LogP contribution in [0.4, 0.5) is 4.79 Å². The fraction of sp³-hybridized carbons (Fsp3) is 0.818. The van der Waals surface area contributed by atoms with E-state index in [0.29, 0.717) is 16.4 Å². The molecule has 2 amide bonds. The summed E-state index contributed by atoms with van der Waals surface area (Å²) in [5.74, 6) is 0.557. The number of hydrogen-bond acceptors (Lipinski definition) is 3. The van der Waals surface area contributed by atoms with Gasteiger partial charge in [0.05, 0.1) is 0 Å². The van der Waals surface area contributed by atoms with Crippen molar-refractivity contribution in [3.05, 3.63) is 0 Å². The Balaban J connectivity index is 2.08. The highest BCUT2D eigenvalue weighted by atomic mass is 32.2. The Morgan fingerprint density at radius 3 is 3.00 bits per heavy atom. The molecule has 2 fully saturated rings. The quantitative estimate of drug-likeness (QED) is 0.690. The Labute approximate surface area is 100 Å². The molecule has 3 N–H and O–H groups in total. The van der Waals surface area contributed by atoms with Gasteiger partial charge in [0.25, 0.3) is 0 Å². The number of hydrazone groups is 1. The zero-order chi connectivity index (χ0) is 11.5. The van der Waals surface area contributed by atoms with Gasteiger partial charge in [0.15, 0.2) is 0 Å². The molecule has 90 valence electrons. The predicted octanol–water partition coefficient (Wildman–Crippen LogP) is 2.09. The third-order valence-electron chi connectivity index (χ3n) is 3.34. The largest absolute Gasteiger partial charge is 0.350 e. The zero-order valence-corrected chi connectivity index (χ0v) is 10.4. The van der Waals surface area contributed by atoms with Crippen molar-refractivity contribution in [2.24, 2.45) is 16.8 Å². The van der Waals surface area contributed by atoms with E-state index in [4.69, 9.17) is 5.73 Å². The number of rotatable bonds is 1. The van der Waals surface area contributed by atoms with Crippen LogP contribution in [-0.2, 0) is 0 Å². The van der Waals surface area contributed by atoms with Gasteiger partial charge in [-0.25, -0.2) is 10.2 Å². The standard InChI is InChI=1S/C11H19N3OS/c1-7-6-9(13-14-11(12)15)8-4-2-3-5-10(8)16-7/h7-8,10H,2-6H2,1H3,(H3,12,14,15)/b13-9-/t7-,8+,10+/m1/s1. The number of nitrogens with zero attached hydrogens (tertiary/aromatic N) is 1. The Morgan fingerprint density at radius 1 is 1.50 bits per heavy atom. The average molecular weight is 241 g/mol. The molecule has 3 atom stereocenters. The Morgan fingerprint density at radius 2 is 2.25 bits per heavy atom. The van der Waals surface area contributed by atoms with Crippen molar-refractivity contribution in [1.82, 2.24) is 5.43 Å². The Hall–Kier alpha value is -0.710. The minimum Gasteiger partial charge on any atom is -0.350 e. The maximum atomic E-state index is 10.7. The highest BCUT2D eigenvalue weighted by molar-refractivity contribution is 8.00. The second-order valence-corrected chi connectivity index (χ2v) is 6.34. The summed E-state index contributed by atoms with van der Waals surface area (Å²) in [6.07, 6.45) is 6.09. The van der Waals surface area contributed by atoms with Gasteiger partial charge in [0.2, 0.25) is 0 Å². The van der Waals surface area contributed by atoms with Gasteiger partial charge in [-0.15, -0.1) is 0 Å². The fourth-order valence-corrected chi connectivity index (χ4v) is 4.34. The molecule has 0 aromatic carbocycles. The van der Waals surface area contributed by atoms with Crippen molar-refractivity contribution in [2.75, 3.05) is 0 Å². The van der Waals surface area contributed by atoms with Gasteiger partial charge in [-0.3, -0.25) is 0 Å². The first-order valence-corrected chi connectivity index (χ1v) is 6.88. The van der Waals surface area contributed by atoms with Gasteiger partial charge in [0.1, 0.15) is 0 Å². The van der Waals surface area contributed by atoms with Gasteiger partial charge in [-0.1, -0.05) is 19.8 Å². The van der Waals surface area contributed by atoms with Crippen molar-refractivity contribution in [2.45, 2.75) is 49.5 Å². The number of nitrogens with one attached hydrogen (secondary N) is 1. The van der Waals surface area contributed by atoms with E-state index in [1.54, 1.807) is 0 Å². The number of amides is 2. The number of primary amides is 1. The predicted molar refractivity (Wildman–Crippen MR) is 67.6 cm³/mol. The lowest BCUT2D eigenvalue weighted by atomic mass is 9.83. The van der Waals surface area contributed by atoms with Crippen LogP contribution in [0.5, 0.6) is 0 Å². The number of carbonyl (C=O) groups excluding carboxylic acids is 1. The molecule has 2 rings (SSSR count). The zero-order valence-electron chi connectivity index (χ0n) is 9.61. The second kappa shape index (κ2) is 5.08. The maximum Gasteiger partial charge on any atom is 0.332 e. The maximum absolute atomic E-state index is 10.7. The van der Waals surface area contributed by atoms with Gasteiger partial charge < -0.3 is 5.73 Å². The topological polar surface area (TPSA) is 67.5 Å². The van der Waals surface area contributed by atoms with Crippen LogP contribution in [0.25, 0.3) is 0 Å². The molecule has 0 radical (unpaired) electrons. The first kappa shape index (κ1) is 11.8. The van der Waals surface area contributed by atoms with Crippen molar-refractivity contribution >= 4 is 23.5 Å². The first-order valence-electron chi connectivity index (χ1n) is 5.94. The second-order valence-electron chi connectivity index (χ2n) is 4.66. The van der Waals surface area contributed by atoms with Gasteiger partial charge in [-0.05, 0) is 19.3 Å². The molecule has 1 saturated heterocycles. The number of hydrogen-bond donors (Lipinski definition) is 2. The molecular weight excluding hydrogens is 222 g/mol. The lowest BCUT2D eigenvalue weighted by Crippen LogP contribution is -2.38. The minimum absolute atomic E-state index is 0.557. The lowest BCUT2D eigenvalue weighted by molar-refractivity contribution is 0.249. The van der Waals surface area contributed by atoms with Gasteiger partial charge in [-0.2, -0.15) is 16.9 Å². The van der Waals surface area contributed by atoms with Gasteiger partial charge >= 0.3 is 6.03 Å². The lowest BCUT2D eigenvalue weighted by Gasteiger charge is -2.38. The third kappa shape index (κ3) is 2.70. The summed E-state index contributed by atoms with van der Waals surface area (Å²) >= 11 is 2.08. The molecule has 0 aromatic rings. The van der Waals surface area contributed by atoms with Crippen LogP contribution in [-0.4, -0.2) is 22.2 Å². The fourth-order valence-electron chi connectivity index (χ4n) is 2.69. The number of urea groups is 1. The minimum atomic E-state index is -0.564. The van der Waals surface area contributed by atoms with Crippen LogP contribution >= 0.6 is 11.8 Å².